The number of ether oxygens (including phenoxy) is 2. The number of aliphatic hydroxyl groups excluding tert-OH is 1. The molecule has 1 saturated carbocycles. The lowest BCUT2D eigenvalue weighted by Gasteiger charge is -2.37. The predicted molar refractivity (Wildman–Crippen MR) is 157 cm³/mol. The SMILES string of the molecule is COc1ccc(S(=O)(=O)N(C)C[C@H]2Oc3cc(C#CC4CCCCC4)ccc3S(=O)(=O)N([C@@H](C)CO)C[C@H]2C)cc1. The van der Waals surface area contributed by atoms with Crippen LogP contribution in [0.3, 0.4) is 0 Å². The first-order valence-corrected chi connectivity index (χ1v) is 16.9. The molecule has 0 saturated heterocycles. The van der Waals surface area contributed by atoms with Gasteiger partial charge in [-0.15, -0.1) is 0 Å². The Balaban J connectivity index is 1.69. The van der Waals surface area contributed by atoms with E-state index >= 15 is 0 Å². The molecule has 0 radical (unpaired) electrons. The van der Waals surface area contributed by atoms with Gasteiger partial charge in [0.25, 0.3) is 0 Å². The van der Waals surface area contributed by atoms with E-state index in [4.69, 9.17) is 9.47 Å². The summed E-state index contributed by atoms with van der Waals surface area (Å²) in [7, 11) is -4.89. The number of hydrogen-bond donors (Lipinski definition) is 1. The topological polar surface area (TPSA) is 113 Å². The molecule has 0 aromatic heterocycles. The van der Waals surface area contributed by atoms with E-state index in [2.05, 4.69) is 11.8 Å². The normalized spacial score (nSPS) is 22.4. The Kier molecular flexibility index (Phi) is 10.0. The fourth-order valence-corrected chi connectivity index (χ4v) is 8.24. The maximum Gasteiger partial charge on any atom is 0.247 e. The smallest absolute Gasteiger partial charge is 0.247 e. The third kappa shape index (κ3) is 7.07. The molecule has 1 fully saturated rings. The Morgan fingerprint density at radius 2 is 1.83 bits per heavy atom. The van der Waals surface area contributed by atoms with Crippen molar-refractivity contribution in [3.05, 3.63) is 48.0 Å². The number of hydrogen-bond acceptors (Lipinski definition) is 7. The van der Waals surface area contributed by atoms with E-state index < -0.39 is 38.1 Å². The summed E-state index contributed by atoms with van der Waals surface area (Å²) in [6, 6.07) is 10.3. The maximum absolute atomic E-state index is 13.7. The van der Waals surface area contributed by atoms with Gasteiger partial charge in [0.05, 0.1) is 25.2 Å². The number of sulfonamides is 2. The third-order valence-corrected chi connectivity index (χ3v) is 11.8. The summed E-state index contributed by atoms with van der Waals surface area (Å²) in [6.07, 6.45) is 4.99. The molecule has 0 unspecified atom stereocenters. The minimum atomic E-state index is -4.01. The molecule has 0 bridgehead atoms. The first kappa shape index (κ1) is 31.3. The van der Waals surface area contributed by atoms with Gasteiger partial charge in [0.2, 0.25) is 20.0 Å². The molecule has 0 amide bonds. The summed E-state index contributed by atoms with van der Waals surface area (Å²) in [6.45, 7) is 3.14. The van der Waals surface area contributed by atoms with E-state index in [1.54, 1.807) is 31.2 Å². The first-order valence-electron chi connectivity index (χ1n) is 14.0. The molecule has 1 aliphatic carbocycles. The van der Waals surface area contributed by atoms with Gasteiger partial charge in [0, 0.05) is 37.0 Å². The Hall–Kier alpha value is -2.62. The number of benzene rings is 2. The summed E-state index contributed by atoms with van der Waals surface area (Å²) in [5.41, 5.74) is 0.637. The predicted octanol–water partition coefficient (Wildman–Crippen LogP) is 3.72. The van der Waals surface area contributed by atoms with Gasteiger partial charge >= 0.3 is 0 Å². The van der Waals surface area contributed by atoms with Crippen LogP contribution in [0.2, 0.25) is 0 Å². The summed E-state index contributed by atoms with van der Waals surface area (Å²) in [5, 5.41) is 9.88. The number of aliphatic hydroxyl groups is 1. The molecule has 41 heavy (non-hydrogen) atoms. The zero-order chi connectivity index (χ0) is 29.8. The first-order chi connectivity index (χ1) is 19.5. The molecule has 2 aliphatic rings. The van der Waals surface area contributed by atoms with Crippen LogP contribution in [-0.4, -0.2) is 76.6 Å². The molecule has 2 aromatic rings. The lowest BCUT2D eigenvalue weighted by Crippen LogP contribution is -2.50. The van der Waals surface area contributed by atoms with Crippen LogP contribution in [0.25, 0.3) is 0 Å². The maximum atomic E-state index is 13.7. The van der Waals surface area contributed by atoms with E-state index in [-0.39, 0.29) is 35.2 Å². The summed E-state index contributed by atoms with van der Waals surface area (Å²) in [5.74, 6) is 7.12. The van der Waals surface area contributed by atoms with E-state index in [0.29, 0.717) is 17.2 Å². The second kappa shape index (κ2) is 13.1. The lowest BCUT2D eigenvalue weighted by atomic mass is 9.90. The van der Waals surface area contributed by atoms with Gasteiger partial charge in [-0.1, -0.05) is 38.0 Å². The van der Waals surface area contributed by atoms with Crippen molar-refractivity contribution in [3.63, 3.8) is 0 Å². The van der Waals surface area contributed by atoms with Gasteiger partial charge < -0.3 is 14.6 Å². The Morgan fingerprint density at radius 1 is 1.15 bits per heavy atom. The largest absolute Gasteiger partial charge is 0.497 e. The molecule has 0 spiro atoms. The third-order valence-electron chi connectivity index (χ3n) is 7.90. The standard InChI is InChI=1S/C30H40N2O7S2/c1-22-19-32(23(2)21-33)41(36,37)30-17-12-25(11-10-24-8-6-5-7-9-24)18-28(30)39-29(22)20-31(3)40(34,35)27-15-13-26(38-4)14-16-27/h12-18,22-24,29,33H,5-9,19-21H2,1-4H3/t22-,23+,29-/m1/s1. The molecule has 4 rings (SSSR count). The molecular formula is C30H40N2O7S2. The van der Waals surface area contributed by atoms with Crippen molar-refractivity contribution in [1.29, 1.82) is 0 Å². The van der Waals surface area contributed by atoms with Gasteiger partial charge in [0.15, 0.2) is 0 Å². The Morgan fingerprint density at radius 3 is 2.46 bits per heavy atom. The highest BCUT2D eigenvalue weighted by atomic mass is 32.2. The van der Waals surface area contributed by atoms with E-state index in [9.17, 15) is 21.9 Å². The van der Waals surface area contributed by atoms with Gasteiger partial charge in [-0.05, 0) is 62.2 Å². The molecule has 3 atom stereocenters. The minimum Gasteiger partial charge on any atom is -0.497 e. The molecular weight excluding hydrogens is 564 g/mol. The van der Waals surface area contributed by atoms with Crippen LogP contribution in [0.1, 0.15) is 51.5 Å². The molecule has 224 valence electrons. The highest BCUT2D eigenvalue weighted by Gasteiger charge is 2.39. The summed E-state index contributed by atoms with van der Waals surface area (Å²) >= 11 is 0. The van der Waals surface area contributed by atoms with Gasteiger partial charge in [-0.2, -0.15) is 8.61 Å². The van der Waals surface area contributed by atoms with Gasteiger partial charge in [0.1, 0.15) is 22.5 Å². The lowest BCUT2D eigenvalue weighted by molar-refractivity contribution is 0.0904. The molecule has 1 heterocycles. The van der Waals surface area contributed by atoms with Crippen LogP contribution < -0.4 is 9.47 Å². The minimum absolute atomic E-state index is 0.0195. The van der Waals surface area contributed by atoms with E-state index in [0.717, 1.165) is 25.7 Å². The highest BCUT2D eigenvalue weighted by molar-refractivity contribution is 7.89. The number of likely N-dealkylation sites (N-methyl/N-ethyl adjacent to an activating group) is 1. The fourth-order valence-electron chi connectivity index (χ4n) is 5.23. The van der Waals surface area contributed by atoms with Crippen molar-refractivity contribution in [2.24, 2.45) is 11.8 Å². The average molecular weight is 605 g/mol. The number of fused-ring (bicyclic) bond motifs is 1. The van der Waals surface area contributed by atoms with Crippen LogP contribution >= 0.6 is 0 Å². The molecule has 2 aromatic carbocycles. The number of methoxy groups -OCH3 is 1. The number of nitrogens with zero attached hydrogens (tertiary/aromatic N) is 2. The van der Waals surface area contributed by atoms with Crippen molar-refractivity contribution in [2.45, 2.75) is 67.9 Å². The van der Waals surface area contributed by atoms with Crippen molar-refractivity contribution >= 4 is 20.0 Å². The number of rotatable bonds is 7. The molecule has 9 nitrogen and oxygen atoms in total. The Bertz CT molecular complexity index is 1470. The quantitative estimate of drug-likeness (QED) is 0.480. The highest BCUT2D eigenvalue weighted by Crippen LogP contribution is 2.35. The van der Waals surface area contributed by atoms with Crippen LogP contribution in [0.5, 0.6) is 11.5 Å². The van der Waals surface area contributed by atoms with Crippen molar-refractivity contribution in [1.82, 2.24) is 8.61 Å². The van der Waals surface area contributed by atoms with Crippen LogP contribution in [0, 0.1) is 23.7 Å². The van der Waals surface area contributed by atoms with E-state index in [1.165, 1.54) is 47.4 Å². The second-order valence-electron chi connectivity index (χ2n) is 11.0. The Labute approximate surface area is 244 Å². The fraction of sp³-hybridized carbons (Fsp3) is 0.533. The van der Waals surface area contributed by atoms with E-state index in [1.807, 2.05) is 6.92 Å². The van der Waals surface area contributed by atoms with Crippen molar-refractivity contribution in [3.8, 4) is 23.3 Å². The van der Waals surface area contributed by atoms with Crippen molar-refractivity contribution in [2.75, 3.05) is 33.9 Å². The molecule has 1 N–H and O–H groups in total. The van der Waals surface area contributed by atoms with Crippen LogP contribution in [-0.2, 0) is 20.0 Å². The van der Waals surface area contributed by atoms with Gasteiger partial charge in [-0.25, -0.2) is 16.8 Å². The van der Waals surface area contributed by atoms with Crippen molar-refractivity contribution < 1.29 is 31.4 Å². The monoisotopic (exact) mass is 604 g/mol. The van der Waals surface area contributed by atoms with Gasteiger partial charge in [-0.3, -0.25) is 0 Å². The average Bonchev–Trinajstić information content (AvgIpc) is 2.97. The second-order valence-corrected chi connectivity index (χ2v) is 14.9. The van der Waals surface area contributed by atoms with Crippen LogP contribution in [0.15, 0.2) is 52.3 Å². The summed E-state index contributed by atoms with van der Waals surface area (Å²) in [4.78, 5) is 0.0802. The van der Waals surface area contributed by atoms with Crippen LogP contribution in [0.4, 0.5) is 0 Å². The zero-order valence-electron chi connectivity index (χ0n) is 24.1. The molecule has 11 heteroatoms. The zero-order valence-corrected chi connectivity index (χ0v) is 25.7. The summed E-state index contributed by atoms with van der Waals surface area (Å²) < 4.78 is 68.3. The molecule has 1 aliphatic heterocycles.